The molecule has 0 aromatic carbocycles. The Labute approximate surface area is 104 Å². The lowest BCUT2D eigenvalue weighted by atomic mass is 10.2. The lowest BCUT2D eigenvalue weighted by molar-refractivity contribution is -0.139. The molecule has 1 rings (SSSR count). The number of hydrogen-bond donors (Lipinski definition) is 2. The normalized spacial score (nSPS) is 17.7. The van der Waals surface area contributed by atoms with E-state index in [-0.39, 0.29) is 6.04 Å². The molecule has 0 aromatic heterocycles. The minimum Gasteiger partial charge on any atom is -0.480 e. The summed E-state index contributed by atoms with van der Waals surface area (Å²) in [6.45, 7) is 2.80. The van der Waals surface area contributed by atoms with Gasteiger partial charge in [0.05, 0.1) is 0 Å². The smallest absolute Gasteiger partial charge is 0.320 e. The van der Waals surface area contributed by atoms with Gasteiger partial charge in [0.15, 0.2) is 0 Å². The molecule has 5 nitrogen and oxygen atoms in total. The van der Waals surface area contributed by atoms with Crippen LogP contribution in [0, 0.1) is 0 Å². The molecule has 1 unspecified atom stereocenters. The van der Waals surface area contributed by atoms with Crippen LogP contribution in [0.4, 0.5) is 0 Å². The van der Waals surface area contributed by atoms with Gasteiger partial charge in [-0.05, 0) is 47.0 Å². The molecule has 1 aliphatic rings. The van der Waals surface area contributed by atoms with Gasteiger partial charge in [-0.3, -0.25) is 4.79 Å². The van der Waals surface area contributed by atoms with Gasteiger partial charge in [0.1, 0.15) is 6.04 Å². The van der Waals surface area contributed by atoms with E-state index in [1.54, 1.807) is 0 Å². The molecule has 0 aromatic rings. The minimum atomic E-state index is -0.724. The summed E-state index contributed by atoms with van der Waals surface area (Å²) in [4.78, 5) is 15.4. The van der Waals surface area contributed by atoms with Crippen molar-refractivity contribution in [3.8, 4) is 0 Å². The Kier molecular flexibility index (Phi) is 5.88. The van der Waals surface area contributed by atoms with E-state index in [1.165, 1.54) is 0 Å². The van der Waals surface area contributed by atoms with Gasteiger partial charge in [-0.15, -0.1) is 0 Å². The van der Waals surface area contributed by atoms with Gasteiger partial charge < -0.3 is 20.2 Å². The van der Waals surface area contributed by atoms with E-state index in [1.807, 2.05) is 21.1 Å². The molecule has 1 saturated carbocycles. The van der Waals surface area contributed by atoms with Gasteiger partial charge in [0, 0.05) is 19.1 Å². The van der Waals surface area contributed by atoms with Crippen molar-refractivity contribution >= 4 is 5.97 Å². The quantitative estimate of drug-likeness (QED) is 0.600. The van der Waals surface area contributed by atoms with Crippen molar-refractivity contribution in [2.24, 2.45) is 0 Å². The largest absolute Gasteiger partial charge is 0.480 e. The number of hydrogen-bond acceptors (Lipinski definition) is 4. The second kappa shape index (κ2) is 6.93. The van der Waals surface area contributed by atoms with Gasteiger partial charge in [0.2, 0.25) is 0 Å². The summed E-state index contributed by atoms with van der Waals surface area (Å²) < 4.78 is 0. The summed E-state index contributed by atoms with van der Waals surface area (Å²) >= 11 is 0. The summed E-state index contributed by atoms with van der Waals surface area (Å²) in [6, 6.07) is 0.0625. The van der Waals surface area contributed by atoms with Crippen LogP contribution in [0.1, 0.15) is 19.3 Å². The predicted octanol–water partition coefficient (Wildman–Crippen LogP) is 0.0751. The van der Waals surface area contributed by atoms with Crippen molar-refractivity contribution in [3.05, 3.63) is 0 Å². The van der Waals surface area contributed by atoms with E-state index in [4.69, 9.17) is 5.11 Å². The standard InChI is InChI=1S/C12H25N3O2/c1-14(2)8-9-15(3)7-6-11(12(16)17)13-10-4-5-10/h10-11,13H,4-9H2,1-3H3,(H,16,17). The van der Waals surface area contributed by atoms with Crippen molar-refractivity contribution in [1.82, 2.24) is 15.1 Å². The Morgan fingerprint density at radius 3 is 2.41 bits per heavy atom. The lowest BCUT2D eigenvalue weighted by Crippen LogP contribution is -2.41. The maximum Gasteiger partial charge on any atom is 0.320 e. The topological polar surface area (TPSA) is 55.8 Å². The number of nitrogens with zero attached hydrogens (tertiary/aromatic N) is 2. The molecular formula is C12H25N3O2. The van der Waals surface area contributed by atoms with E-state index in [0.717, 1.165) is 32.5 Å². The third kappa shape index (κ3) is 6.61. The van der Waals surface area contributed by atoms with Crippen molar-refractivity contribution in [3.63, 3.8) is 0 Å². The van der Waals surface area contributed by atoms with Crippen molar-refractivity contribution < 1.29 is 9.90 Å². The van der Waals surface area contributed by atoms with Crippen LogP contribution in [-0.2, 0) is 4.79 Å². The van der Waals surface area contributed by atoms with Crippen LogP contribution in [-0.4, -0.2) is 73.7 Å². The highest BCUT2D eigenvalue weighted by Gasteiger charge is 2.27. The number of carboxylic acid groups (broad SMARTS) is 1. The van der Waals surface area contributed by atoms with Crippen LogP contribution in [0.15, 0.2) is 0 Å². The molecule has 0 saturated heterocycles. The van der Waals surface area contributed by atoms with Crippen molar-refractivity contribution in [2.45, 2.75) is 31.3 Å². The predicted molar refractivity (Wildman–Crippen MR) is 68.2 cm³/mol. The summed E-state index contributed by atoms with van der Waals surface area (Å²) in [5, 5.41) is 12.3. The van der Waals surface area contributed by atoms with E-state index >= 15 is 0 Å². The maximum absolute atomic E-state index is 11.1. The van der Waals surface area contributed by atoms with Gasteiger partial charge in [0.25, 0.3) is 0 Å². The first kappa shape index (κ1) is 14.4. The van der Waals surface area contributed by atoms with E-state index < -0.39 is 5.97 Å². The zero-order valence-corrected chi connectivity index (χ0v) is 11.1. The molecule has 0 radical (unpaired) electrons. The number of carbonyl (C=O) groups is 1. The molecular weight excluding hydrogens is 218 g/mol. The van der Waals surface area contributed by atoms with Crippen molar-refractivity contribution in [2.75, 3.05) is 40.8 Å². The second-order valence-electron chi connectivity index (χ2n) is 5.23. The van der Waals surface area contributed by atoms with Crippen LogP contribution in [0.2, 0.25) is 0 Å². The molecule has 100 valence electrons. The van der Waals surface area contributed by atoms with Crippen molar-refractivity contribution in [1.29, 1.82) is 0 Å². The van der Waals surface area contributed by atoms with Gasteiger partial charge >= 0.3 is 5.97 Å². The third-order valence-electron chi connectivity index (χ3n) is 3.04. The van der Waals surface area contributed by atoms with Crippen LogP contribution in [0.5, 0.6) is 0 Å². The zero-order chi connectivity index (χ0) is 12.8. The monoisotopic (exact) mass is 243 g/mol. The number of carboxylic acids is 1. The van der Waals surface area contributed by atoms with Crippen LogP contribution in [0.3, 0.4) is 0 Å². The minimum absolute atomic E-state index is 0.385. The van der Waals surface area contributed by atoms with Gasteiger partial charge in [-0.1, -0.05) is 0 Å². The fourth-order valence-electron chi connectivity index (χ4n) is 1.64. The van der Waals surface area contributed by atoms with Crippen LogP contribution < -0.4 is 5.32 Å². The highest BCUT2D eigenvalue weighted by atomic mass is 16.4. The Morgan fingerprint density at radius 2 is 1.94 bits per heavy atom. The fraction of sp³-hybridized carbons (Fsp3) is 0.917. The van der Waals surface area contributed by atoms with E-state index in [9.17, 15) is 4.79 Å². The Hall–Kier alpha value is -0.650. The molecule has 0 bridgehead atoms. The maximum atomic E-state index is 11.1. The molecule has 17 heavy (non-hydrogen) atoms. The van der Waals surface area contributed by atoms with E-state index in [0.29, 0.717) is 12.5 Å². The Balaban J connectivity index is 2.18. The summed E-state index contributed by atoms with van der Waals surface area (Å²) in [5.41, 5.74) is 0. The average Bonchev–Trinajstić information content (AvgIpc) is 3.04. The molecule has 0 aliphatic heterocycles. The lowest BCUT2D eigenvalue weighted by Gasteiger charge is -2.21. The summed E-state index contributed by atoms with van der Waals surface area (Å²) in [6.07, 6.45) is 2.93. The van der Waals surface area contributed by atoms with Gasteiger partial charge in [-0.2, -0.15) is 0 Å². The molecule has 1 atom stereocenters. The molecule has 1 fully saturated rings. The Bertz CT molecular complexity index is 242. The number of likely N-dealkylation sites (N-methyl/N-ethyl adjacent to an activating group) is 2. The number of nitrogens with one attached hydrogen (secondary N) is 1. The molecule has 0 heterocycles. The Morgan fingerprint density at radius 1 is 1.29 bits per heavy atom. The highest BCUT2D eigenvalue weighted by Crippen LogP contribution is 2.20. The van der Waals surface area contributed by atoms with Crippen LogP contribution in [0.25, 0.3) is 0 Å². The first-order valence-electron chi connectivity index (χ1n) is 6.31. The molecule has 5 heteroatoms. The van der Waals surface area contributed by atoms with E-state index in [2.05, 4.69) is 15.1 Å². The van der Waals surface area contributed by atoms with Gasteiger partial charge in [-0.25, -0.2) is 0 Å². The second-order valence-corrected chi connectivity index (χ2v) is 5.23. The SMILES string of the molecule is CN(C)CCN(C)CCC(NC1CC1)C(=O)O. The first-order chi connectivity index (χ1) is 7.99. The molecule has 1 aliphatic carbocycles. The summed E-state index contributed by atoms with van der Waals surface area (Å²) in [7, 11) is 6.13. The average molecular weight is 243 g/mol. The number of rotatable bonds is 9. The third-order valence-corrected chi connectivity index (χ3v) is 3.04. The van der Waals surface area contributed by atoms with Crippen LogP contribution >= 0.6 is 0 Å². The fourth-order valence-corrected chi connectivity index (χ4v) is 1.64. The molecule has 2 N–H and O–H groups in total. The molecule has 0 spiro atoms. The zero-order valence-electron chi connectivity index (χ0n) is 11.1. The first-order valence-corrected chi connectivity index (χ1v) is 6.31. The highest BCUT2D eigenvalue weighted by molar-refractivity contribution is 5.73. The molecule has 0 amide bonds. The number of aliphatic carboxylic acids is 1. The summed E-state index contributed by atoms with van der Waals surface area (Å²) in [5.74, 6) is -0.724.